The van der Waals surface area contributed by atoms with Crippen LogP contribution in [0.1, 0.15) is 61.6 Å². The van der Waals surface area contributed by atoms with E-state index in [4.69, 9.17) is 0 Å². The Morgan fingerprint density at radius 1 is 1.03 bits per heavy atom. The minimum Gasteiger partial charge on any atom is -0.320 e. The summed E-state index contributed by atoms with van der Waals surface area (Å²) < 4.78 is 29.0. The second kappa shape index (κ2) is 11.1. The van der Waals surface area contributed by atoms with Crippen molar-refractivity contribution in [2.45, 2.75) is 65.3 Å². The van der Waals surface area contributed by atoms with Gasteiger partial charge in [-0.3, -0.25) is 9.59 Å². The molecule has 1 N–H and O–H groups in total. The van der Waals surface area contributed by atoms with E-state index in [1.54, 1.807) is 44.2 Å². The Morgan fingerprint density at radius 2 is 1.69 bits per heavy atom. The average Bonchev–Trinajstić information content (AvgIpc) is 2.84. The van der Waals surface area contributed by atoms with Gasteiger partial charge in [-0.25, -0.2) is 13.1 Å². The number of aryl methyl sites for hydroxylation is 2. The summed E-state index contributed by atoms with van der Waals surface area (Å²) >= 11 is 0. The number of fused-ring (bicyclic) bond motifs is 1. The fourth-order valence-electron chi connectivity index (χ4n) is 4.07. The molecule has 0 saturated heterocycles. The molecule has 0 spiro atoms. The molecule has 188 valence electrons. The highest BCUT2D eigenvalue weighted by atomic mass is 32.2. The van der Waals surface area contributed by atoms with Crippen molar-refractivity contribution >= 4 is 32.4 Å². The molecule has 0 aliphatic carbocycles. The summed E-state index contributed by atoms with van der Waals surface area (Å²) in [4.78, 5) is 26.5. The van der Waals surface area contributed by atoms with E-state index in [-0.39, 0.29) is 16.1 Å². The minimum atomic E-state index is -3.70. The van der Waals surface area contributed by atoms with Gasteiger partial charge >= 0.3 is 0 Å². The van der Waals surface area contributed by atoms with Gasteiger partial charge in [-0.15, -0.1) is 0 Å². The van der Waals surface area contributed by atoms with Crippen LogP contribution in [0.2, 0.25) is 0 Å². The third-order valence-electron chi connectivity index (χ3n) is 6.29. The summed E-state index contributed by atoms with van der Waals surface area (Å²) in [6.07, 6.45) is 2.74. The van der Waals surface area contributed by atoms with Crippen LogP contribution in [0.5, 0.6) is 0 Å². The van der Waals surface area contributed by atoms with Crippen LogP contribution in [0.4, 0.5) is 5.69 Å². The number of nitrogens with zero attached hydrogens (tertiary/aromatic N) is 3. The molecular weight excluding hydrogens is 464 g/mol. The highest BCUT2D eigenvalue weighted by molar-refractivity contribution is 7.89. The van der Waals surface area contributed by atoms with Crippen molar-refractivity contribution in [1.29, 1.82) is 0 Å². The summed E-state index contributed by atoms with van der Waals surface area (Å²) in [5, 5.41) is 8.16. The molecule has 3 aromatic rings. The zero-order valence-electron chi connectivity index (χ0n) is 21.1. The molecule has 0 bridgehead atoms. The Morgan fingerprint density at radius 3 is 2.31 bits per heavy atom. The lowest BCUT2D eigenvalue weighted by molar-refractivity contribution is 0.102. The van der Waals surface area contributed by atoms with E-state index in [2.05, 4.69) is 17.3 Å². The lowest BCUT2D eigenvalue weighted by atomic mass is 10.1. The minimum absolute atomic E-state index is 0.127. The molecule has 0 fully saturated rings. The molecule has 1 amide bonds. The van der Waals surface area contributed by atoms with Crippen molar-refractivity contribution in [3.8, 4) is 0 Å². The maximum Gasteiger partial charge on any atom is 0.276 e. The van der Waals surface area contributed by atoms with E-state index in [0.29, 0.717) is 36.1 Å². The Labute approximate surface area is 207 Å². The molecule has 1 heterocycles. The standard InChI is InChI=1S/C26H34N4O4S/c1-6-9-12-15-30-26(32)22-14-11-10-13-21(22)24(28-30)25(31)27-23-17-20(16-18(4)19(23)5)35(33,34)29(7-2)8-3/h10-11,13-14,16-17H,6-9,12,15H2,1-5H3,(H,27,31). The number of rotatable bonds is 10. The van der Waals surface area contributed by atoms with Gasteiger partial charge in [0.2, 0.25) is 10.0 Å². The smallest absolute Gasteiger partial charge is 0.276 e. The van der Waals surface area contributed by atoms with Crippen LogP contribution >= 0.6 is 0 Å². The topological polar surface area (TPSA) is 101 Å². The van der Waals surface area contributed by atoms with Gasteiger partial charge < -0.3 is 5.32 Å². The SMILES string of the molecule is CCCCCn1nc(C(=O)Nc2cc(S(=O)(=O)N(CC)CC)cc(C)c2C)c2ccccc2c1=O. The molecule has 9 heteroatoms. The van der Waals surface area contributed by atoms with Crippen LogP contribution in [-0.4, -0.2) is 41.5 Å². The maximum atomic E-state index is 13.4. The Hall–Kier alpha value is -3.04. The average molecular weight is 499 g/mol. The van der Waals surface area contributed by atoms with Gasteiger partial charge in [-0.1, -0.05) is 51.8 Å². The molecule has 0 radical (unpaired) electrons. The monoisotopic (exact) mass is 498 g/mol. The van der Waals surface area contributed by atoms with E-state index in [1.807, 2.05) is 13.8 Å². The largest absolute Gasteiger partial charge is 0.320 e. The van der Waals surface area contributed by atoms with Gasteiger partial charge in [-0.05, 0) is 49.6 Å². The number of carbonyl (C=O) groups excluding carboxylic acids is 1. The number of aromatic nitrogens is 2. The predicted molar refractivity (Wildman–Crippen MR) is 140 cm³/mol. The molecule has 35 heavy (non-hydrogen) atoms. The molecule has 2 aromatic carbocycles. The third-order valence-corrected chi connectivity index (χ3v) is 8.32. The number of hydrogen-bond acceptors (Lipinski definition) is 5. The second-order valence-corrected chi connectivity index (χ2v) is 10.5. The molecule has 1 aromatic heterocycles. The zero-order valence-corrected chi connectivity index (χ0v) is 21.9. The van der Waals surface area contributed by atoms with Crippen molar-refractivity contribution in [3.63, 3.8) is 0 Å². The molecule has 0 atom stereocenters. The number of unbranched alkanes of at least 4 members (excludes halogenated alkanes) is 2. The highest BCUT2D eigenvalue weighted by Crippen LogP contribution is 2.27. The number of amides is 1. The van der Waals surface area contributed by atoms with Crippen molar-refractivity contribution in [2.75, 3.05) is 18.4 Å². The van der Waals surface area contributed by atoms with Crippen molar-refractivity contribution in [2.24, 2.45) is 0 Å². The third kappa shape index (κ3) is 5.46. The van der Waals surface area contributed by atoms with Gasteiger partial charge in [-0.2, -0.15) is 9.40 Å². The lowest BCUT2D eigenvalue weighted by Crippen LogP contribution is -2.31. The number of sulfonamides is 1. The fourth-order valence-corrected chi connectivity index (χ4v) is 5.64. The molecule has 3 rings (SSSR count). The molecule has 0 aliphatic heterocycles. The lowest BCUT2D eigenvalue weighted by Gasteiger charge is -2.20. The molecule has 8 nitrogen and oxygen atoms in total. The van der Waals surface area contributed by atoms with Crippen LogP contribution in [0.3, 0.4) is 0 Å². The summed E-state index contributed by atoms with van der Waals surface area (Å²) in [6, 6.07) is 10.0. The summed E-state index contributed by atoms with van der Waals surface area (Å²) in [6.45, 7) is 10.4. The van der Waals surface area contributed by atoms with E-state index in [1.165, 1.54) is 15.1 Å². The van der Waals surface area contributed by atoms with Gasteiger partial charge in [0.15, 0.2) is 5.69 Å². The number of anilines is 1. The Bertz CT molecular complexity index is 1390. The van der Waals surface area contributed by atoms with Crippen LogP contribution in [-0.2, 0) is 16.6 Å². The Balaban J connectivity index is 2.07. The van der Waals surface area contributed by atoms with Gasteiger partial charge in [0.25, 0.3) is 11.5 Å². The normalized spacial score (nSPS) is 11.8. The van der Waals surface area contributed by atoms with E-state index in [0.717, 1.165) is 30.4 Å². The van der Waals surface area contributed by atoms with Crippen molar-refractivity contribution in [1.82, 2.24) is 14.1 Å². The number of nitrogens with one attached hydrogen (secondary N) is 1. The van der Waals surface area contributed by atoms with Gasteiger partial charge in [0.1, 0.15) is 0 Å². The van der Waals surface area contributed by atoms with Crippen LogP contribution in [0, 0.1) is 13.8 Å². The second-order valence-electron chi connectivity index (χ2n) is 8.59. The zero-order chi connectivity index (χ0) is 25.8. The van der Waals surface area contributed by atoms with Crippen LogP contribution in [0.25, 0.3) is 10.8 Å². The van der Waals surface area contributed by atoms with Gasteiger partial charge in [0.05, 0.1) is 10.3 Å². The highest BCUT2D eigenvalue weighted by Gasteiger charge is 2.24. The van der Waals surface area contributed by atoms with E-state index >= 15 is 0 Å². The molecule has 0 saturated carbocycles. The van der Waals surface area contributed by atoms with Crippen molar-refractivity contribution < 1.29 is 13.2 Å². The quantitative estimate of drug-likeness (QED) is 0.415. The summed E-state index contributed by atoms with van der Waals surface area (Å²) in [7, 11) is -3.70. The first-order valence-electron chi connectivity index (χ1n) is 12.1. The predicted octanol–water partition coefficient (Wildman–Crippen LogP) is 4.49. The first kappa shape index (κ1) is 26.6. The van der Waals surface area contributed by atoms with E-state index < -0.39 is 15.9 Å². The first-order chi connectivity index (χ1) is 16.6. The summed E-state index contributed by atoms with van der Waals surface area (Å²) in [5.41, 5.74) is 1.81. The van der Waals surface area contributed by atoms with E-state index in [9.17, 15) is 18.0 Å². The van der Waals surface area contributed by atoms with Gasteiger partial charge in [0, 0.05) is 30.7 Å². The first-order valence-corrected chi connectivity index (χ1v) is 13.5. The Kier molecular flexibility index (Phi) is 8.45. The number of carbonyl (C=O) groups is 1. The van der Waals surface area contributed by atoms with Crippen molar-refractivity contribution in [3.05, 3.63) is 63.6 Å². The molecule has 0 unspecified atom stereocenters. The number of benzene rings is 2. The molecule has 0 aliphatic rings. The maximum absolute atomic E-state index is 13.4. The summed E-state index contributed by atoms with van der Waals surface area (Å²) in [5.74, 6) is -0.495. The molecular formula is C26H34N4O4S. The van der Waals surface area contributed by atoms with Crippen LogP contribution < -0.4 is 10.9 Å². The number of hydrogen-bond donors (Lipinski definition) is 1. The van der Waals surface area contributed by atoms with Crippen LogP contribution in [0.15, 0.2) is 46.1 Å². The fraction of sp³-hybridized carbons (Fsp3) is 0.423.